The van der Waals surface area contributed by atoms with Gasteiger partial charge in [-0.05, 0) is 86.2 Å². The molecule has 4 amide bonds. The van der Waals surface area contributed by atoms with E-state index < -0.39 is 80.0 Å². The van der Waals surface area contributed by atoms with E-state index in [9.17, 15) is 32.0 Å². The van der Waals surface area contributed by atoms with Crippen LogP contribution in [0.3, 0.4) is 0 Å². The molecule has 4 N–H and O–H groups in total. The number of carbonyl (C=O) groups is 4. The first kappa shape index (κ1) is 39.1. The fourth-order valence-electron chi connectivity index (χ4n) is 6.77. The van der Waals surface area contributed by atoms with E-state index in [-0.39, 0.29) is 42.7 Å². The SMILES string of the molecule is C=C[C@@H]1C[C@]1(NC(=O)[C@@H]1C[C@@H](Oc2nc(Cl)nc(Nc3ccc(F)cc3)n2)CN1C(=O)[C@@H](NC(=O)OC1CCCC1)C(C)(C)C)C(=O)NS(=O)(=O)C1CC1. The van der Waals surface area contributed by atoms with Crippen molar-refractivity contribution in [2.24, 2.45) is 11.3 Å². The fraction of sp³-hybridized carbons (Fsp3) is 0.571. The Hall–Kier alpha value is -4.58. The van der Waals surface area contributed by atoms with E-state index in [2.05, 4.69) is 42.2 Å². The number of sulfonamides is 1. The largest absolute Gasteiger partial charge is 0.458 e. The molecular weight excluding hydrogens is 747 g/mol. The van der Waals surface area contributed by atoms with Gasteiger partial charge >= 0.3 is 12.1 Å². The minimum Gasteiger partial charge on any atom is -0.458 e. The Bertz CT molecular complexity index is 1900. The first-order valence-electron chi connectivity index (χ1n) is 17.9. The third kappa shape index (κ3) is 9.02. The number of hydrogen-bond acceptors (Lipinski definition) is 12. The van der Waals surface area contributed by atoms with Gasteiger partial charge in [0.05, 0.1) is 11.8 Å². The first-order valence-corrected chi connectivity index (χ1v) is 19.8. The van der Waals surface area contributed by atoms with Gasteiger partial charge in [0.1, 0.15) is 35.6 Å². The summed E-state index contributed by atoms with van der Waals surface area (Å²) in [5.74, 6) is -3.28. The summed E-state index contributed by atoms with van der Waals surface area (Å²) in [6.45, 7) is 8.83. The molecule has 2 heterocycles. The molecule has 6 rings (SSSR count). The molecule has 3 aliphatic carbocycles. The number of halogens is 2. The van der Waals surface area contributed by atoms with Crippen molar-refractivity contribution in [3.05, 3.63) is 48.0 Å². The van der Waals surface area contributed by atoms with Gasteiger partial charge in [-0.15, -0.1) is 6.58 Å². The molecule has 1 aliphatic heterocycles. The number of likely N-dealkylation sites (tertiary alicyclic amines) is 1. The topological polar surface area (TPSA) is 211 Å². The number of carbonyl (C=O) groups excluding carboxylic acids is 4. The average Bonchev–Trinajstić information content (AvgIpc) is 3.97. The van der Waals surface area contributed by atoms with Crippen LogP contribution in [0.2, 0.25) is 5.28 Å². The highest BCUT2D eigenvalue weighted by Gasteiger charge is 2.62. The van der Waals surface area contributed by atoms with Crippen molar-refractivity contribution in [2.75, 3.05) is 11.9 Å². The highest BCUT2D eigenvalue weighted by atomic mass is 35.5. The van der Waals surface area contributed by atoms with Crippen molar-refractivity contribution >= 4 is 57.1 Å². The molecule has 1 saturated heterocycles. The van der Waals surface area contributed by atoms with Crippen LogP contribution in [0.1, 0.15) is 72.1 Å². The van der Waals surface area contributed by atoms with Crippen molar-refractivity contribution in [3.8, 4) is 6.01 Å². The summed E-state index contributed by atoms with van der Waals surface area (Å²) < 4.78 is 52.6. The molecule has 4 fully saturated rings. The van der Waals surface area contributed by atoms with Gasteiger partial charge in [0.15, 0.2) is 0 Å². The normalized spacial score (nSPS) is 24.6. The van der Waals surface area contributed by atoms with Gasteiger partial charge in [0, 0.05) is 18.0 Å². The lowest BCUT2D eigenvalue weighted by Crippen LogP contribution is -2.60. The maximum absolute atomic E-state index is 14.5. The number of nitrogens with one attached hydrogen (secondary N) is 4. The van der Waals surface area contributed by atoms with E-state index in [1.165, 1.54) is 35.2 Å². The molecule has 16 nitrogen and oxygen atoms in total. The summed E-state index contributed by atoms with van der Waals surface area (Å²) in [5, 5.41) is 7.42. The molecule has 4 aliphatic rings. The summed E-state index contributed by atoms with van der Waals surface area (Å²) in [5.41, 5.74) is -2.01. The van der Waals surface area contributed by atoms with Crippen LogP contribution in [0.5, 0.6) is 6.01 Å². The number of alkyl carbamates (subject to hydrolysis) is 1. The number of rotatable bonds is 13. The third-order valence-electron chi connectivity index (χ3n) is 10.0. The van der Waals surface area contributed by atoms with Gasteiger partial charge in [-0.3, -0.25) is 19.1 Å². The Morgan fingerprint density at radius 1 is 1.06 bits per heavy atom. The smallest absolute Gasteiger partial charge is 0.408 e. The number of anilines is 2. The van der Waals surface area contributed by atoms with Crippen molar-refractivity contribution in [2.45, 2.75) is 107 Å². The zero-order valence-electron chi connectivity index (χ0n) is 30.1. The highest BCUT2D eigenvalue weighted by Crippen LogP contribution is 2.45. The Balaban J connectivity index is 1.25. The van der Waals surface area contributed by atoms with E-state index >= 15 is 0 Å². The lowest BCUT2D eigenvalue weighted by atomic mass is 9.85. The van der Waals surface area contributed by atoms with Crippen LogP contribution in [-0.4, -0.2) is 93.7 Å². The highest BCUT2D eigenvalue weighted by molar-refractivity contribution is 7.91. The molecule has 2 aromatic rings. The van der Waals surface area contributed by atoms with Crippen LogP contribution >= 0.6 is 11.6 Å². The number of benzene rings is 1. The number of nitrogens with zero attached hydrogens (tertiary/aromatic N) is 4. The van der Waals surface area contributed by atoms with Gasteiger partial charge in [0.25, 0.3) is 5.91 Å². The number of amides is 4. The van der Waals surface area contributed by atoms with Crippen molar-refractivity contribution in [3.63, 3.8) is 0 Å². The molecule has 0 radical (unpaired) electrons. The van der Waals surface area contributed by atoms with Gasteiger partial charge in [-0.1, -0.05) is 26.8 Å². The van der Waals surface area contributed by atoms with E-state index in [1.807, 2.05) is 0 Å². The van der Waals surface area contributed by atoms with Crippen LogP contribution < -0.4 is 25.4 Å². The zero-order chi connectivity index (χ0) is 39.0. The second kappa shape index (κ2) is 15.3. The monoisotopic (exact) mass is 790 g/mol. The maximum atomic E-state index is 14.5. The number of aromatic nitrogens is 3. The van der Waals surface area contributed by atoms with E-state index in [1.54, 1.807) is 20.8 Å². The molecule has 3 saturated carbocycles. The van der Waals surface area contributed by atoms with Gasteiger partial charge in [-0.2, -0.15) is 15.0 Å². The minimum atomic E-state index is -3.93. The van der Waals surface area contributed by atoms with E-state index in [0.29, 0.717) is 18.5 Å². The summed E-state index contributed by atoms with van der Waals surface area (Å²) in [4.78, 5) is 68.8. The second-order valence-corrected chi connectivity index (χ2v) is 17.6. The van der Waals surface area contributed by atoms with Crippen molar-refractivity contribution < 1.29 is 41.5 Å². The molecule has 19 heteroatoms. The van der Waals surface area contributed by atoms with Crippen LogP contribution in [0, 0.1) is 17.2 Å². The minimum absolute atomic E-state index is 0.0205. The Labute approximate surface area is 317 Å². The van der Waals surface area contributed by atoms with Gasteiger partial charge < -0.3 is 30.3 Å². The number of ether oxygens (including phenoxy) is 2. The molecule has 5 atom stereocenters. The summed E-state index contributed by atoms with van der Waals surface area (Å²) >= 11 is 6.18. The summed E-state index contributed by atoms with van der Waals surface area (Å²) in [6, 6.07) is 2.78. The number of hydrogen-bond donors (Lipinski definition) is 4. The standard InChI is InChI=1S/C35H44ClFN8O8S/c1-5-19-17-35(19,29(48)44-54(50,51)24-14-15-24)43-27(46)25-16-23(52-32-41-30(36)40-31(42-32)38-21-12-10-20(37)11-13-21)18-45(25)28(47)26(34(2,3)4)39-33(49)53-22-8-6-7-9-22/h5,10-13,19,22-26H,1,6-9,14-18H2,2-4H3,(H,39,49)(H,43,46)(H,44,48)(H,38,40,41,42)/t19-,23-,25+,26-,35-/m1/s1. The quantitative estimate of drug-likeness (QED) is 0.215. The lowest BCUT2D eigenvalue weighted by Gasteiger charge is -2.35. The molecule has 0 bridgehead atoms. The fourth-order valence-corrected chi connectivity index (χ4v) is 8.29. The van der Waals surface area contributed by atoms with Crippen LogP contribution in [-0.2, 0) is 29.1 Å². The van der Waals surface area contributed by atoms with Crippen molar-refractivity contribution in [1.82, 2.24) is 35.2 Å². The van der Waals surface area contributed by atoms with Crippen LogP contribution in [0.4, 0.5) is 20.8 Å². The predicted octanol–water partition coefficient (Wildman–Crippen LogP) is 3.51. The lowest BCUT2D eigenvalue weighted by molar-refractivity contribution is -0.143. The van der Waals surface area contributed by atoms with Crippen molar-refractivity contribution in [1.29, 1.82) is 0 Å². The van der Waals surface area contributed by atoms with Crippen LogP contribution in [0.15, 0.2) is 36.9 Å². The molecular formula is C35H44ClFN8O8S. The molecule has 1 aromatic carbocycles. The molecule has 0 unspecified atom stereocenters. The van der Waals surface area contributed by atoms with E-state index in [0.717, 1.165) is 25.7 Å². The predicted molar refractivity (Wildman–Crippen MR) is 193 cm³/mol. The van der Waals surface area contributed by atoms with E-state index in [4.69, 9.17) is 21.1 Å². The van der Waals surface area contributed by atoms with Crippen LogP contribution in [0.25, 0.3) is 0 Å². The first-order chi connectivity index (χ1) is 25.5. The van der Waals surface area contributed by atoms with Gasteiger partial charge in [-0.25, -0.2) is 17.6 Å². The second-order valence-electron chi connectivity index (χ2n) is 15.3. The molecule has 292 valence electrons. The summed E-state index contributed by atoms with van der Waals surface area (Å²) in [7, 11) is -3.93. The third-order valence-corrected chi connectivity index (χ3v) is 12.0. The Morgan fingerprint density at radius 2 is 1.74 bits per heavy atom. The zero-order valence-corrected chi connectivity index (χ0v) is 31.7. The average molecular weight is 791 g/mol. The summed E-state index contributed by atoms with van der Waals surface area (Å²) in [6.07, 6.45) is 3.70. The Morgan fingerprint density at radius 3 is 2.35 bits per heavy atom. The molecule has 0 spiro atoms. The van der Waals surface area contributed by atoms with Gasteiger partial charge in [0.2, 0.25) is 33.1 Å². The molecule has 54 heavy (non-hydrogen) atoms. The maximum Gasteiger partial charge on any atom is 0.408 e. The Kier molecular flexibility index (Phi) is 11.1. The molecule has 1 aromatic heterocycles.